The van der Waals surface area contributed by atoms with Gasteiger partial charge in [0.15, 0.2) is 0 Å². The molecule has 0 radical (unpaired) electrons. The molecule has 1 N–H and O–H groups in total. The molecule has 4 amide bonds. The van der Waals surface area contributed by atoms with Gasteiger partial charge in [-0.05, 0) is 55.3 Å². The maximum Gasteiger partial charge on any atom is 0.321 e. The van der Waals surface area contributed by atoms with Crippen LogP contribution in [-0.4, -0.2) is 60.4 Å². The minimum Gasteiger partial charge on any atom is -0.337 e. The molecule has 0 spiro atoms. The van der Waals surface area contributed by atoms with Crippen molar-refractivity contribution in [3.63, 3.8) is 0 Å². The Kier molecular flexibility index (Phi) is 6.42. The molecule has 2 heterocycles. The van der Waals surface area contributed by atoms with Crippen molar-refractivity contribution < 1.29 is 14.4 Å². The zero-order valence-electron chi connectivity index (χ0n) is 17.2. The van der Waals surface area contributed by atoms with Crippen LogP contribution in [0.25, 0.3) is 0 Å². The summed E-state index contributed by atoms with van der Waals surface area (Å²) in [5.41, 5.74) is 2.07. The quantitative estimate of drug-likeness (QED) is 0.787. The highest BCUT2D eigenvalue weighted by molar-refractivity contribution is 6.30. The van der Waals surface area contributed by atoms with Gasteiger partial charge in [-0.3, -0.25) is 9.59 Å². The summed E-state index contributed by atoms with van der Waals surface area (Å²) in [6.45, 7) is 2.82. The fourth-order valence-electron chi connectivity index (χ4n) is 3.98. The number of rotatable bonds is 3. The lowest BCUT2D eigenvalue weighted by molar-refractivity contribution is -0.117. The molecular weight excluding hydrogens is 416 g/mol. The first-order valence-electron chi connectivity index (χ1n) is 10.5. The smallest absolute Gasteiger partial charge is 0.321 e. The number of carbonyl (C=O) groups excluding carboxylic acids is 3. The van der Waals surface area contributed by atoms with E-state index in [0.29, 0.717) is 55.3 Å². The average molecular weight is 441 g/mol. The summed E-state index contributed by atoms with van der Waals surface area (Å²) in [6, 6.07) is 14.0. The van der Waals surface area contributed by atoms with Crippen LogP contribution in [0.3, 0.4) is 0 Å². The third kappa shape index (κ3) is 4.99. The highest BCUT2D eigenvalue weighted by Crippen LogP contribution is 2.22. The molecule has 31 heavy (non-hydrogen) atoms. The minimum absolute atomic E-state index is 0.0589. The third-order valence-electron chi connectivity index (χ3n) is 5.65. The summed E-state index contributed by atoms with van der Waals surface area (Å²) in [5, 5.41) is 3.42. The Hall–Kier alpha value is -3.06. The number of nitrogens with zero attached hydrogens (tertiary/aromatic N) is 3. The lowest BCUT2D eigenvalue weighted by Gasteiger charge is -2.23. The first-order valence-corrected chi connectivity index (χ1v) is 10.9. The van der Waals surface area contributed by atoms with Gasteiger partial charge in [0, 0.05) is 61.1 Å². The van der Waals surface area contributed by atoms with E-state index in [4.69, 9.17) is 11.6 Å². The van der Waals surface area contributed by atoms with Crippen LogP contribution in [0.2, 0.25) is 5.02 Å². The maximum absolute atomic E-state index is 13.0. The number of halogens is 1. The SMILES string of the molecule is O=C(Nc1cccc(Cl)c1)N1CCCN(C(=O)c2ccc(N3CCCC3=O)cc2)CC1. The van der Waals surface area contributed by atoms with E-state index in [1.165, 1.54) is 0 Å². The molecule has 2 saturated heterocycles. The summed E-state index contributed by atoms with van der Waals surface area (Å²) >= 11 is 5.98. The molecule has 162 valence electrons. The molecule has 0 saturated carbocycles. The minimum atomic E-state index is -0.198. The Bertz CT molecular complexity index is 979. The van der Waals surface area contributed by atoms with Gasteiger partial charge in [0.05, 0.1) is 0 Å². The Balaban J connectivity index is 1.35. The van der Waals surface area contributed by atoms with Gasteiger partial charge in [0.25, 0.3) is 5.91 Å². The number of anilines is 2. The van der Waals surface area contributed by atoms with Crippen molar-refractivity contribution in [1.29, 1.82) is 0 Å². The zero-order chi connectivity index (χ0) is 21.8. The highest BCUT2D eigenvalue weighted by Gasteiger charge is 2.24. The van der Waals surface area contributed by atoms with Crippen LogP contribution in [0.5, 0.6) is 0 Å². The zero-order valence-corrected chi connectivity index (χ0v) is 18.0. The number of urea groups is 1. The first-order chi connectivity index (χ1) is 15.0. The Morgan fingerprint density at radius 2 is 1.61 bits per heavy atom. The van der Waals surface area contributed by atoms with E-state index < -0.39 is 0 Å². The van der Waals surface area contributed by atoms with Gasteiger partial charge < -0.3 is 20.0 Å². The molecule has 7 nitrogen and oxygen atoms in total. The Morgan fingerprint density at radius 1 is 0.871 bits per heavy atom. The fourth-order valence-corrected chi connectivity index (χ4v) is 4.17. The van der Waals surface area contributed by atoms with Gasteiger partial charge in [0.2, 0.25) is 5.91 Å². The van der Waals surface area contributed by atoms with E-state index in [0.717, 1.165) is 18.7 Å². The van der Waals surface area contributed by atoms with Crippen LogP contribution in [-0.2, 0) is 4.79 Å². The van der Waals surface area contributed by atoms with Crippen molar-refractivity contribution in [1.82, 2.24) is 9.80 Å². The number of hydrogen-bond acceptors (Lipinski definition) is 3. The third-order valence-corrected chi connectivity index (χ3v) is 5.88. The van der Waals surface area contributed by atoms with Gasteiger partial charge in [0.1, 0.15) is 0 Å². The van der Waals surface area contributed by atoms with Crippen molar-refractivity contribution in [2.45, 2.75) is 19.3 Å². The van der Waals surface area contributed by atoms with Gasteiger partial charge in [-0.25, -0.2) is 4.79 Å². The van der Waals surface area contributed by atoms with Gasteiger partial charge >= 0.3 is 6.03 Å². The van der Waals surface area contributed by atoms with Crippen LogP contribution in [0, 0.1) is 0 Å². The first kappa shape index (κ1) is 21.2. The van der Waals surface area contributed by atoms with E-state index >= 15 is 0 Å². The summed E-state index contributed by atoms with van der Waals surface area (Å²) in [6.07, 6.45) is 2.15. The lowest BCUT2D eigenvalue weighted by Crippen LogP contribution is -2.39. The van der Waals surface area contributed by atoms with E-state index in [1.54, 1.807) is 51.1 Å². The van der Waals surface area contributed by atoms with Crippen LogP contribution in [0.15, 0.2) is 48.5 Å². The molecule has 0 aliphatic carbocycles. The molecular formula is C23H25ClN4O3. The van der Waals surface area contributed by atoms with E-state index in [1.807, 2.05) is 12.1 Å². The number of hydrogen-bond donors (Lipinski definition) is 1. The molecule has 0 aromatic heterocycles. The van der Waals surface area contributed by atoms with Gasteiger partial charge in [-0.2, -0.15) is 0 Å². The normalized spacial score (nSPS) is 16.9. The number of nitrogens with one attached hydrogen (secondary N) is 1. The molecule has 4 rings (SSSR count). The molecule has 2 aromatic carbocycles. The predicted molar refractivity (Wildman–Crippen MR) is 121 cm³/mol. The average Bonchev–Trinajstić information content (AvgIpc) is 3.04. The van der Waals surface area contributed by atoms with Gasteiger partial charge in [-0.1, -0.05) is 17.7 Å². The summed E-state index contributed by atoms with van der Waals surface area (Å²) in [4.78, 5) is 42.7. The molecule has 2 fully saturated rings. The van der Waals surface area contributed by atoms with Crippen LogP contribution in [0.1, 0.15) is 29.6 Å². The standard InChI is InChI=1S/C23H25ClN4O3/c24-18-4-1-5-19(16-18)25-23(31)27-12-3-11-26(14-15-27)22(30)17-7-9-20(10-8-17)28-13-2-6-21(28)29/h1,4-5,7-10,16H,2-3,6,11-15H2,(H,25,31). The van der Waals surface area contributed by atoms with E-state index in [9.17, 15) is 14.4 Å². The van der Waals surface area contributed by atoms with E-state index in [-0.39, 0.29) is 17.8 Å². The van der Waals surface area contributed by atoms with Crippen molar-refractivity contribution in [2.24, 2.45) is 0 Å². The predicted octanol–water partition coefficient (Wildman–Crippen LogP) is 3.85. The second kappa shape index (κ2) is 9.39. The lowest BCUT2D eigenvalue weighted by atomic mass is 10.1. The van der Waals surface area contributed by atoms with Crippen molar-refractivity contribution in [3.8, 4) is 0 Å². The highest BCUT2D eigenvalue weighted by atomic mass is 35.5. The number of amides is 4. The summed E-state index contributed by atoms with van der Waals surface area (Å²) < 4.78 is 0. The second-order valence-electron chi connectivity index (χ2n) is 7.77. The van der Waals surface area contributed by atoms with Crippen LogP contribution < -0.4 is 10.2 Å². The second-order valence-corrected chi connectivity index (χ2v) is 8.21. The monoisotopic (exact) mass is 440 g/mol. The topological polar surface area (TPSA) is 73.0 Å². The van der Waals surface area contributed by atoms with E-state index in [2.05, 4.69) is 5.32 Å². The van der Waals surface area contributed by atoms with Crippen molar-refractivity contribution in [2.75, 3.05) is 42.9 Å². The maximum atomic E-state index is 13.0. The summed E-state index contributed by atoms with van der Waals surface area (Å²) in [5.74, 6) is 0.0686. The largest absolute Gasteiger partial charge is 0.337 e. The number of carbonyl (C=O) groups is 3. The molecule has 2 aromatic rings. The fraction of sp³-hybridized carbons (Fsp3) is 0.348. The Morgan fingerprint density at radius 3 is 2.32 bits per heavy atom. The summed E-state index contributed by atoms with van der Waals surface area (Å²) in [7, 11) is 0. The van der Waals surface area contributed by atoms with Crippen molar-refractivity contribution in [3.05, 3.63) is 59.1 Å². The molecule has 2 aliphatic rings. The Labute approximate surface area is 186 Å². The molecule has 0 atom stereocenters. The molecule has 2 aliphatic heterocycles. The number of benzene rings is 2. The molecule has 0 bridgehead atoms. The molecule has 8 heteroatoms. The van der Waals surface area contributed by atoms with Crippen molar-refractivity contribution >= 4 is 40.8 Å². The van der Waals surface area contributed by atoms with Gasteiger partial charge in [-0.15, -0.1) is 0 Å². The van der Waals surface area contributed by atoms with Crippen LogP contribution in [0.4, 0.5) is 16.2 Å². The van der Waals surface area contributed by atoms with Crippen LogP contribution >= 0.6 is 11.6 Å². The molecule has 0 unspecified atom stereocenters.